The van der Waals surface area contributed by atoms with E-state index in [9.17, 15) is 5.11 Å². The van der Waals surface area contributed by atoms with Gasteiger partial charge in [0.1, 0.15) is 0 Å². The number of aliphatic hydroxyl groups excluding tert-OH is 1. The second-order valence-electron chi connectivity index (χ2n) is 4.21. The predicted octanol–water partition coefficient (Wildman–Crippen LogP) is 3.03. The van der Waals surface area contributed by atoms with Crippen molar-refractivity contribution in [3.63, 3.8) is 0 Å². The molecule has 1 aromatic carbocycles. The zero-order valence-corrected chi connectivity index (χ0v) is 11.1. The number of aliphatic hydroxyl groups is 1. The van der Waals surface area contributed by atoms with Gasteiger partial charge in [0.2, 0.25) is 0 Å². The average molecular weight is 272 g/mol. The van der Waals surface area contributed by atoms with Gasteiger partial charge in [0.05, 0.1) is 6.61 Å². The number of halogens is 1. The van der Waals surface area contributed by atoms with Crippen molar-refractivity contribution >= 4 is 21.6 Å². The van der Waals surface area contributed by atoms with E-state index in [0.29, 0.717) is 5.92 Å². The number of nitrogens with zero attached hydrogens (tertiary/aromatic N) is 1. The Morgan fingerprint density at radius 1 is 1.40 bits per heavy atom. The molecule has 0 aliphatic rings. The third kappa shape index (κ3) is 3.50. The van der Waals surface area contributed by atoms with Crippen molar-refractivity contribution in [2.45, 2.75) is 20.5 Å². The first-order chi connectivity index (χ1) is 7.04. The molecule has 0 saturated heterocycles. The zero-order valence-electron chi connectivity index (χ0n) is 9.50. The van der Waals surface area contributed by atoms with Crippen LogP contribution in [0.2, 0.25) is 0 Å². The van der Waals surface area contributed by atoms with E-state index >= 15 is 0 Å². The fourth-order valence-corrected chi connectivity index (χ4v) is 2.02. The molecule has 0 radical (unpaired) electrons. The van der Waals surface area contributed by atoms with Crippen LogP contribution >= 0.6 is 15.9 Å². The maximum atomic E-state index is 9.25. The fraction of sp³-hybridized carbons (Fsp3) is 0.500. The van der Waals surface area contributed by atoms with Gasteiger partial charge in [-0.25, -0.2) is 0 Å². The summed E-state index contributed by atoms with van der Waals surface area (Å²) in [6.45, 7) is 5.45. The molecule has 0 saturated carbocycles. The van der Waals surface area contributed by atoms with Gasteiger partial charge in [0.25, 0.3) is 0 Å². The maximum absolute atomic E-state index is 9.25. The Balaban J connectivity index is 2.94. The molecule has 0 aromatic heterocycles. The summed E-state index contributed by atoms with van der Waals surface area (Å²) in [6, 6.07) is 5.96. The van der Waals surface area contributed by atoms with Crippen molar-refractivity contribution in [3.8, 4) is 0 Å². The number of anilines is 1. The minimum absolute atomic E-state index is 0.0883. The largest absolute Gasteiger partial charge is 0.392 e. The molecule has 1 aromatic rings. The lowest BCUT2D eigenvalue weighted by molar-refractivity contribution is 0.282. The monoisotopic (exact) mass is 271 g/mol. The van der Waals surface area contributed by atoms with E-state index in [-0.39, 0.29) is 6.61 Å². The van der Waals surface area contributed by atoms with E-state index < -0.39 is 0 Å². The number of hydrogen-bond acceptors (Lipinski definition) is 2. The molecule has 0 aliphatic heterocycles. The molecular formula is C12H18BrNO. The van der Waals surface area contributed by atoms with Gasteiger partial charge >= 0.3 is 0 Å². The first-order valence-electron chi connectivity index (χ1n) is 5.15. The van der Waals surface area contributed by atoms with Crippen molar-refractivity contribution in [2.75, 3.05) is 18.5 Å². The first kappa shape index (κ1) is 12.5. The van der Waals surface area contributed by atoms with E-state index in [4.69, 9.17) is 0 Å². The lowest BCUT2D eigenvalue weighted by atomic mass is 10.1. The van der Waals surface area contributed by atoms with E-state index in [2.05, 4.69) is 41.7 Å². The molecule has 0 aliphatic carbocycles. The summed E-state index contributed by atoms with van der Waals surface area (Å²) in [5.74, 6) is 0.612. The van der Waals surface area contributed by atoms with E-state index in [1.54, 1.807) is 0 Å². The predicted molar refractivity (Wildman–Crippen MR) is 68.2 cm³/mol. The minimum atomic E-state index is 0.0883. The Bertz CT molecular complexity index is 325. The van der Waals surface area contributed by atoms with Gasteiger partial charge in [-0.1, -0.05) is 35.8 Å². The molecule has 0 atom stereocenters. The summed E-state index contributed by atoms with van der Waals surface area (Å²) >= 11 is 3.45. The fourth-order valence-electron chi connectivity index (χ4n) is 1.67. The molecule has 0 spiro atoms. The molecule has 3 heteroatoms. The molecule has 0 fully saturated rings. The van der Waals surface area contributed by atoms with Crippen molar-refractivity contribution in [2.24, 2.45) is 5.92 Å². The van der Waals surface area contributed by atoms with Crippen LogP contribution in [0.15, 0.2) is 22.7 Å². The Morgan fingerprint density at radius 3 is 2.60 bits per heavy atom. The van der Waals surface area contributed by atoms with Crippen LogP contribution in [0, 0.1) is 5.92 Å². The highest BCUT2D eigenvalue weighted by Crippen LogP contribution is 2.25. The number of hydrogen-bond donors (Lipinski definition) is 1. The summed E-state index contributed by atoms with van der Waals surface area (Å²) in [5.41, 5.74) is 2.07. The summed E-state index contributed by atoms with van der Waals surface area (Å²) in [7, 11) is 2.06. The van der Waals surface area contributed by atoms with Crippen LogP contribution in [0.5, 0.6) is 0 Å². The van der Waals surface area contributed by atoms with Gasteiger partial charge < -0.3 is 10.0 Å². The quantitative estimate of drug-likeness (QED) is 0.910. The third-order valence-corrected chi connectivity index (χ3v) is 2.76. The molecule has 1 N–H and O–H groups in total. The summed E-state index contributed by atoms with van der Waals surface area (Å²) in [6.07, 6.45) is 0. The lowest BCUT2D eigenvalue weighted by Crippen LogP contribution is -2.23. The van der Waals surface area contributed by atoms with E-state index in [1.807, 2.05) is 18.2 Å². The Hall–Kier alpha value is -0.540. The summed E-state index contributed by atoms with van der Waals surface area (Å²) in [5, 5.41) is 9.25. The lowest BCUT2D eigenvalue weighted by Gasteiger charge is -2.24. The molecule has 0 unspecified atom stereocenters. The molecule has 84 valence electrons. The maximum Gasteiger partial charge on any atom is 0.0702 e. The van der Waals surface area contributed by atoms with Crippen LogP contribution in [-0.4, -0.2) is 18.7 Å². The smallest absolute Gasteiger partial charge is 0.0702 e. The zero-order chi connectivity index (χ0) is 11.4. The SMILES string of the molecule is CC(C)CN(C)c1cc(Br)ccc1CO. The standard InChI is InChI=1S/C12H18BrNO/c1-9(2)7-14(3)12-6-11(13)5-4-10(12)8-15/h4-6,9,15H,7-8H2,1-3H3. The van der Waals surface area contributed by atoms with E-state index in [1.165, 1.54) is 0 Å². The summed E-state index contributed by atoms with van der Waals surface area (Å²) in [4.78, 5) is 2.18. The van der Waals surface area contributed by atoms with Crippen LogP contribution in [0.1, 0.15) is 19.4 Å². The van der Waals surface area contributed by atoms with Crippen molar-refractivity contribution in [3.05, 3.63) is 28.2 Å². The highest BCUT2D eigenvalue weighted by molar-refractivity contribution is 9.10. The Labute approximate surface area is 100 Å². The molecular weight excluding hydrogens is 254 g/mol. The normalized spacial score (nSPS) is 10.8. The van der Waals surface area contributed by atoms with Gasteiger partial charge in [-0.05, 0) is 18.1 Å². The van der Waals surface area contributed by atoms with Crippen LogP contribution in [-0.2, 0) is 6.61 Å². The van der Waals surface area contributed by atoms with Crippen molar-refractivity contribution < 1.29 is 5.11 Å². The number of benzene rings is 1. The highest BCUT2D eigenvalue weighted by Gasteiger charge is 2.08. The van der Waals surface area contributed by atoms with Crippen LogP contribution in [0.4, 0.5) is 5.69 Å². The first-order valence-corrected chi connectivity index (χ1v) is 5.94. The Kier molecular flexibility index (Phi) is 4.61. The van der Waals surface area contributed by atoms with Gasteiger partial charge in [-0.15, -0.1) is 0 Å². The van der Waals surface area contributed by atoms with Crippen molar-refractivity contribution in [1.29, 1.82) is 0 Å². The van der Waals surface area contributed by atoms with Gasteiger partial charge in [-0.3, -0.25) is 0 Å². The second kappa shape index (κ2) is 5.52. The second-order valence-corrected chi connectivity index (χ2v) is 5.12. The molecule has 0 heterocycles. The van der Waals surface area contributed by atoms with Crippen molar-refractivity contribution in [1.82, 2.24) is 0 Å². The van der Waals surface area contributed by atoms with Crippen LogP contribution in [0.25, 0.3) is 0 Å². The van der Waals surface area contributed by atoms with Gasteiger partial charge in [0, 0.05) is 29.3 Å². The minimum Gasteiger partial charge on any atom is -0.392 e. The molecule has 15 heavy (non-hydrogen) atoms. The third-order valence-electron chi connectivity index (χ3n) is 2.27. The highest BCUT2D eigenvalue weighted by atomic mass is 79.9. The Morgan fingerprint density at radius 2 is 2.07 bits per heavy atom. The molecule has 2 nitrogen and oxygen atoms in total. The van der Waals surface area contributed by atoms with E-state index in [0.717, 1.165) is 22.3 Å². The number of rotatable bonds is 4. The van der Waals surface area contributed by atoms with Gasteiger partial charge in [-0.2, -0.15) is 0 Å². The molecule has 0 bridgehead atoms. The summed E-state index contributed by atoms with van der Waals surface area (Å²) < 4.78 is 1.05. The van der Waals surface area contributed by atoms with Gasteiger partial charge in [0.15, 0.2) is 0 Å². The average Bonchev–Trinajstić information content (AvgIpc) is 2.16. The van der Waals surface area contributed by atoms with Crippen LogP contribution in [0.3, 0.4) is 0 Å². The topological polar surface area (TPSA) is 23.5 Å². The molecule has 0 amide bonds. The molecule has 1 rings (SSSR count). The van der Waals surface area contributed by atoms with Crippen LogP contribution < -0.4 is 4.90 Å².